The largest absolute Gasteiger partial charge is 0.348 e. The normalized spacial score (nSPS) is 14.3. The van der Waals surface area contributed by atoms with Crippen molar-refractivity contribution >= 4 is 39.1 Å². The van der Waals surface area contributed by atoms with Gasteiger partial charge in [0, 0.05) is 19.6 Å². The fourth-order valence-electron chi connectivity index (χ4n) is 3.95. The molecule has 3 aromatic carbocycles. The highest BCUT2D eigenvalue weighted by molar-refractivity contribution is 7.89. The lowest BCUT2D eigenvalue weighted by molar-refractivity contribution is 0.0951. The number of benzene rings is 3. The summed E-state index contributed by atoms with van der Waals surface area (Å²) in [5.74, 6) is -0.953. The number of halogens is 1. The molecule has 0 radical (unpaired) electrons. The second-order valence-corrected chi connectivity index (χ2v) is 10.6. The molecule has 0 atom stereocenters. The number of hydrogen-bond donors (Lipinski definition) is 2. The highest BCUT2D eigenvalue weighted by Crippen LogP contribution is 2.26. The maximum atomic E-state index is 13.1. The van der Waals surface area contributed by atoms with Crippen LogP contribution in [0.15, 0.2) is 77.7 Å². The van der Waals surface area contributed by atoms with Crippen molar-refractivity contribution < 1.29 is 18.0 Å². The van der Waals surface area contributed by atoms with Gasteiger partial charge < -0.3 is 10.6 Å². The van der Waals surface area contributed by atoms with Crippen LogP contribution in [0.25, 0.3) is 0 Å². The fraction of sp³-hybridized carbons (Fsp3) is 0.231. The molecule has 0 saturated carbocycles. The van der Waals surface area contributed by atoms with Crippen LogP contribution in [-0.2, 0) is 16.6 Å². The Kier molecular flexibility index (Phi) is 7.85. The number of hydrogen-bond acceptors (Lipinski definition) is 4. The van der Waals surface area contributed by atoms with Gasteiger partial charge in [-0.2, -0.15) is 4.31 Å². The van der Waals surface area contributed by atoms with Gasteiger partial charge in [0.05, 0.1) is 26.7 Å². The van der Waals surface area contributed by atoms with Crippen LogP contribution in [0.1, 0.15) is 45.5 Å². The van der Waals surface area contributed by atoms with Crippen LogP contribution in [0.3, 0.4) is 0 Å². The zero-order valence-electron chi connectivity index (χ0n) is 19.0. The van der Waals surface area contributed by atoms with Crippen molar-refractivity contribution in [3.63, 3.8) is 0 Å². The number of carbonyl (C=O) groups is 2. The third-order valence-electron chi connectivity index (χ3n) is 5.85. The minimum absolute atomic E-state index is 0.0165. The molecule has 1 saturated heterocycles. The molecule has 0 bridgehead atoms. The van der Waals surface area contributed by atoms with Crippen molar-refractivity contribution in [3.05, 3.63) is 94.5 Å². The smallest absolute Gasteiger partial charge is 0.257 e. The number of amides is 2. The van der Waals surface area contributed by atoms with E-state index in [0.29, 0.717) is 25.3 Å². The number of sulfonamides is 1. The van der Waals surface area contributed by atoms with E-state index in [2.05, 4.69) is 10.6 Å². The Bertz CT molecular complexity index is 1320. The van der Waals surface area contributed by atoms with E-state index in [1.165, 1.54) is 22.5 Å². The van der Waals surface area contributed by atoms with Crippen molar-refractivity contribution in [1.29, 1.82) is 0 Å². The molecule has 182 valence electrons. The first-order valence-corrected chi connectivity index (χ1v) is 13.2. The van der Waals surface area contributed by atoms with E-state index in [0.717, 1.165) is 24.8 Å². The fourth-order valence-corrected chi connectivity index (χ4v) is 5.69. The Hall–Kier alpha value is -3.20. The first-order chi connectivity index (χ1) is 16.9. The van der Waals surface area contributed by atoms with Gasteiger partial charge in [0.2, 0.25) is 10.0 Å². The van der Waals surface area contributed by atoms with E-state index in [1.807, 2.05) is 30.3 Å². The molecule has 0 spiro atoms. The summed E-state index contributed by atoms with van der Waals surface area (Å²) in [6.45, 7) is 1.25. The summed E-state index contributed by atoms with van der Waals surface area (Å²) in [5, 5.41) is 5.67. The molecular formula is C26H26ClN3O4S. The molecule has 1 fully saturated rings. The van der Waals surface area contributed by atoms with Gasteiger partial charge in [0.1, 0.15) is 0 Å². The summed E-state index contributed by atoms with van der Waals surface area (Å²) >= 11 is 6.26. The van der Waals surface area contributed by atoms with Crippen molar-refractivity contribution in [2.24, 2.45) is 0 Å². The van der Waals surface area contributed by atoms with Crippen molar-refractivity contribution in [1.82, 2.24) is 9.62 Å². The maximum Gasteiger partial charge on any atom is 0.257 e. The Morgan fingerprint density at radius 1 is 0.829 bits per heavy atom. The predicted molar refractivity (Wildman–Crippen MR) is 136 cm³/mol. The lowest BCUT2D eigenvalue weighted by Crippen LogP contribution is -2.35. The summed E-state index contributed by atoms with van der Waals surface area (Å²) in [6, 6.07) is 20.2. The number of para-hydroxylation sites is 1. The average molecular weight is 512 g/mol. The summed E-state index contributed by atoms with van der Waals surface area (Å²) in [4.78, 5) is 25.9. The van der Waals surface area contributed by atoms with Crippen LogP contribution in [0.4, 0.5) is 5.69 Å². The predicted octanol–water partition coefficient (Wildman–Crippen LogP) is 4.70. The van der Waals surface area contributed by atoms with Gasteiger partial charge in [-0.3, -0.25) is 9.59 Å². The second-order valence-electron chi connectivity index (χ2n) is 8.27. The minimum Gasteiger partial charge on any atom is -0.348 e. The molecule has 0 aliphatic carbocycles. The van der Waals surface area contributed by atoms with Crippen LogP contribution in [0.5, 0.6) is 0 Å². The average Bonchev–Trinajstić information content (AvgIpc) is 2.89. The van der Waals surface area contributed by atoms with E-state index in [4.69, 9.17) is 11.6 Å². The first kappa shape index (κ1) is 24.9. The molecule has 7 nitrogen and oxygen atoms in total. The summed E-state index contributed by atoms with van der Waals surface area (Å²) < 4.78 is 27.6. The van der Waals surface area contributed by atoms with Gasteiger partial charge in [-0.05, 0) is 48.7 Å². The lowest BCUT2D eigenvalue weighted by Gasteiger charge is -2.26. The van der Waals surface area contributed by atoms with Gasteiger partial charge >= 0.3 is 0 Å². The molecule has 1 aliphatic rings. The quantitative estimate of drug-likeness (QED) is 0.480. The van der Waals surface area contributed by atoms with Gasteiger partial charge in [-0.15, -0.1) is 0 Å². The molecule has 3 aromatic rings. The molecule has 1 heterocycles. The number of rotatable bonds is 7. The molecule has 2 N–H and O–H groups in total. The highest BCUT2D eigenvalue weighted by atomic mass is 35.5. The van der Waals surface area contributed by atoms with Crippen molar-refractivity contribution in [2.45, 2.75) is 30.7 Å². The third-order valence-corrected chi connectivity index (χ3v) is 8.08. The van der Waals surface area contributed by atoms with E-state index < -0.39 is 15.9 Å². The SMILES string of the molecule is O=C(Nc1ccccc1C(=O)NCc1ccccc1)c1cc(S(=O)(=O)N2CCCCC2)ccc1Cl. The van der Waals surface area contributed by atoms with Crippen LogP contribution in [0.2, 0.25) is 5.02 Å². The number of piperidine rings is 1. The van der Waals surface area contributed by atoms with Crippen molar-refractivity contribution in [2.75, 3.05) is 18.4 Å². The van der Waals surface area contributed by atoms with Crippen LogP contribution < -0.4 is 10.6 Å². The second kappa shape index (κ2) is 11.0. The molecule has 0 aromatic heterocycles. The van der Waals surface area contributed by atoms with E-state index in [9.17, 15) is 18.0 Å². The summed E-state index contributed by atoms with van der Waals surface area (Å²) in [7, 11) is -3.73. The van der Waals surface area contributed by atoms with E-state index in [1.54, 1.807) is 24.3 Å². The molecule has 4 rings (SSSR count). The third kappa shape index (κ3) is 5.90. The molecular weight excluding hydrogens is 486 g/mol. The van der Waals surface area contributed by atoms with Gasteiger partial charge in [-0.25, -0.2) is 8.42 Å². The van der Waals surface area contributed by atoms with Gasteiger partial charge in [0.25, 0.3) is 11.8 Å². The Morgan fingerprint density at radius 2 is 1.51 bits per heavy atom. The summed E-state index contributed by atoms with van der Waals surface area (Å²) in [6.07, 6.45) is 2.62. The monoisotopic (exact) mass is 511 g/mol. The molecule has 35 heavy (non-hydrogen) atoms. The number of carbonyl (C=O) groups excluding carboxylic acids is 2. The number of anilines is 1. The number of nitrogens with one attached hydrogen (secondary N) is 2. The van der Waals surface area contributed by atoms with E-state index in [-0.39, 0.29) is 27.0 Å². The molecule has 9 heteroatoms. The van der Waals surface area contributed by atoms with Gasteiger partial charge in [0.15, 0.2) is 0 Å². The highest BCUT2D eigenvalue weighted by Gasteiger charge is 2.27. The zero-order valence-corrected chi connectivity index (χ0v) is 20.6. The Morgan fingerprint density at radius 3 is 2.26 bits per heavy atom. The standard InChI is InChI=1S/C26H26ClN3O4S/c27-23-14-13-20(35(33,34)30-15-7-2-8-16-30)17-22(23)26(32)29-24-12-6-5-11-21(24)25(31)28-18-19-9-3-1-4-10-19/h1,3-6,9-14,17H,2,7-8,15-16,18H2,(H,28,31)(H,29,32). The van der Waals surface area contributed by atoms with Crippen molar-refractivity contribution in [3.8, 4) is 0 Å². The molecule has 2 amide bonds. The lowest BCUT2D eigenvalue weighted by atomic mass is 10.1. The topological polar surface area (TPSA) is 95.6 Å². The Balaban J connectivity index is 1.53. The first-order valence-electron chi connectivity index (χ1n) is 11.4. The molecule has 0 unspecified atom stereocenters. The minimum atomic E-state index is -3.73. The zero-order chi connectivity index (χ0) is 24.8. The van der Waals surface area contributed by atoms with Crippen LogP contribution >= 0.6 is 11.6 Å². The van der Waals surface area contributed by atoms with Crippen LogP contribution in [-0.4, -0.2) is 37.6 Å². The van der Waals surface area contributed by atoms with Crippen LogP contribution in [0, 0.1) is 0 Å². The van der Waals surface area contributed by atoms with E-state index >= 15 is 0 Å². The Labute approximate surface area is 210 Å². The van der Waals surface area contributed by atoms with Gasteiger partial charge in [-0.1, -0.05) is 60.5 Å². The number of nitrogens with zero attached hydrogens (tertiary/aromatic N) is 1. The maximum absolute atomic E-state index is 13.1. The molecule has 1 aliphatic heterocycles. The summed E-state index contributed by atoms with van der Waals surface area (Å²) in [5.41, 5.74) is 1.54.